The third-order valence-electron chi connectivity index (χ3n) is 12.3. The van der Waals surface area contributed by atoms with Gasteiger partial charge < -0.3 is 4.74 Å². The van der Waals surface area contributed by atoms with Crippen LogP contribution in [0.25, 0.3) is 33.3 Å². The molecule has 5 aromatic carbocycles. The van der Waals surface area contributed by atoms with Crippen LogP contribution in [0.4, 0.5) is 0 Å². The Labute approximate surface area is 350 Å². The molecule has 59 heavy (non-hydrogen) atoms. The van der Waals surface area contributed by atoms with E-state index in [0.29, 0.717) is 0 Å². The van der Waals surface area contributed by atoms with Crippen LogP contribution in [0.1, 0.15) is 114 Å². The molecule has 3 heterocycles. The predicted molar refractivity (Wildman–Crippen MR) is 246 cm³/mol. The van der Waals surface area contributed by atoms with E-state index in [1.165, 1.54) is 38.6 Å². The number of pyridine rings is 1. The Balaban J connectivity index is 1.39. The zero-order valence-corrected chi connectivity index (χ0v) is 36.9. The van der Waals surface area contributed by atoms with Crippen LogP contribution in [0, 0.1) is 13.8 Å². The molecule has 0 fully saturated rings. The molecule has 0 aliphatic rings. The van der Waals surface area contributed by atoms with Crippen LogP contribution < -0.4 is 4.74 Å². The summed E-state index contributed by atoms with van der Waals surface area (Å²) in [5.41, 5.74) is 11.8. The van der Waals surface area contributed by atoms with Crippen LogP contribution in [-0.4, -0.2) is 19.3 Å². The van der Waals surface area contributed by atoms with Crippen LogP contribution in [0.5, 0.6) is 11.5 Å². The van der Waals surface area contributed by atoms with Gasteiger partial charge in [-0.2, -0.15) is 5.10 Å². The highest BCUT2D eigenvalue weighted by atomic mass is 16.5. The molecule has 300 valence electrons. The van der Waals surface area contributed by atoms with E-state index in [4.69, 9.17) is 14.8 Å². The highest BCUT2D eigenvalue weighted by Gasteiger charge is 2.29. The Morgan fingerprint density at radius 3 is 1.73 bits per heavy atom. The van der Waals surface area contributed by atoms with Crippen molar-refractivity contribution in [2.75, 3.05) is 0 Å². The summed E-state index contributed by atoms with van der Waals surface area (Å²) in [7, 11) is 0. The topological polar surface area (TPSA) is 44.9 Å². The molecule has 0 spiro atoms. The Kier molecular flexibility index (Phi) is 9.74. The molecule has 0 saturated carbocycles. The maximum Gasteiger partial charge on any atom is 0.137 e. The van der Waals surface area contributed by atoms with E-state index in [-0.39, 0.29) is 21.7 Å². The molecule has 5 nitrogen and oxygen atoms in total. The first kappa shape index (κ1) is 39.9. The summed E-state index contributed by atoms with van der Waals surface area (Å²) in [6, 6.07) is 46.1. The standard InChI is InChI=1S/C54H58N4O/c1-35-27-36(2)58(56-35)42-28-41(54(11,12)38-21-17-14-18-22-38)29-43(32-42)59-44-33-46(52(6,7)8)50-45-30-40(53(9,10)37-19-15-13-16-20-37)23-24-47(45)57(48(50)34-44)49-31-39(25-26-55-49)51(3,4)5/h13-34H,1-12H3. The van der Waals surface area contributed by atoms with E-state index in [9.17, 15) is 0 Å². The average Bonchev–Trinajstić information content (AvgIpc) is 3.72. The fraction of sp³-hybridized carbons (Fsp3) is 0.296. The number of benzene rings is 5. The highest BCUT2D eigenvalue weighted by molar-refractivity contribution is 6.12. The number of hydrogen-bond acceptors (Lipinski definition) is 3. The van der Waals surface area contributed by atoms with E-state index in [1.54, 1.807) is 0 Å². The molecule has 0 bridgehead atoms. The van der Waals surface area contributed by atoms with Gasteiger partial charge in [-0.05, 0) is 107 Å². The quantitative estimate of drug-likeness (QED) is 0.154. The second-order valence-corrected chi connectivity index (χ2v) is 19.5. The molecule has 5 heteroatoms. The van der Waals surface area contributed by atoms with Crippen molar-refractivity contribution < 1.29 is 4.74 Å². The normalized spacial score (nSPS) is 12.7. The number of hydrogen-bond donors (Lipinski definition) is 0. The zero-order chi connectivity index (χ0) is 42.1. The van der Waals surface area contributed by atoms with Gasteiger partial charge in [0.25, 0.3) is 0 Å². The molecule has 0 radical (unpaired) electrons. The second-order valence-electron chi connectivity index (χ2n) is 19.5. The predicted octanol–water partition coefficient (Wildman–Crippen LogP) is 14.0. The maximum atomic E-state index is 7.13. The minimum absolute atomic E-state index is 0.0457. The fourth-order valence-electron chi connectivity index (χ4n) is 8.61. The summed E-state index contributed by atoms with van der Waals surface area (Å²) in [5.74, 6) is 2.43. The van der Waals surface area contributed by atoms with Gasteiger partial charge in [0, 0.05) is 45.6 Å². The summed E-state index contributed by atoms with van der Waals surface area (Å²) in [6.45, 7) is 27.0. The van der Waals surface area contributed by atoms with Gasteiger partial charge in [-0.15, -0.1) is 0 Å². The number of ether oxygens (including phenoxy) is 1. The van der Waals surface area contributed by atoms with Gasteiger partial charge in [0.15, 0.2) is 0 Å². The first-order valence-electron chi connectivity index (χ1n) is 20.9. The summed E-state index contributed by atoms with van der Waals surface area (Å²) >= 11 is 0. The minimum atomic E-state index is -0.298. The van der Waals surface area contributed by atoms with Gasteiger partial charge in [-0.3, -0.25) is 4.57 Å². The van der Waals surface area contributed by atoms with Crippen LogP contribution in [0.3, 0.4) is 0 Å². The summed E-state index contributed by atoms with van der Waals surface area (Å²) in [6.07, 6.45) is 1.95. The van der Waals surface area contributed by atoms with Crippen molar-refractivity contribution in [1.29, 1.82) is 0 Å². The third kappa shape index (κ3) is 7.37. The van der Waals surface area contributed by atoms with Crippen molar-refractivity contribution in [3.63, 3.8) is 0 Å². The van der Waals surface area contributed by atoms with E-state index in [2.05, 4.69) is 208 Å². The smallest absolute Gasteiger partial charge is 0.137 e. The van der Waals surface area contributed by atoms with Gasteiger partial charge in [0.2, 0.25) is 0 Å². The summed E-state index contributed by atoms with van der Waals surface area (Å²) < 4.78 is 11.5. The number of aromatic nitrogens is 4. The Hall–Kier alpha value is -5.94. The molecule has 0 amide bonds. The van der Waals surface area contributed by atoms with E-state index >= 15 is 0 Å². The van der Waals surface area contributed by atoms with Gasteiger partial charge in [-0.1, -0.05) is 136 Å². The molecular formula is C54H58N4O. The molecule has 3 aromatic heterocycles. The molecule has 0 saturated heterocycles. The first-order valence-corrected chi connectivity index (χ1v) is 20.9. The van der Waals surface area contributed by atoms with Crippen LogP contribution in [0.2, 0.25) is 0 Å². The number of aryl methyl sites for hydroxylation is 2. The largest absolute Gasteiger partial charge is 0.457 e. The molecular weight excluding hydrogens is 721 g/mol. The fourth-order valence-corrected chi connectivity index (χ4v) is 8.61. The zero-order valence-electron chi connectivity index (χ0n) is 36.9. The molecule has 0 aliphatic heterocycles. The highest BCUT2D eigenvalue weighted by Crippen LogP contribution is 2.45. The lowest BCUT2D eigenvalue weighted by atomic mass is 9.77. The molecule has 0 aliphatic carbocycles. The number of fused-ring (bicyclic) bond motifs is 3. The molecule has 0 unspecified atom stereocenters. The maximum absolute atomic E-state index is 7.13. The molecule has 0 N–H and O–H groups in total. The first-order chi connectivity index (χ1) is 27.8. The third-order valence-corrected chi connectivity index (χ3v) is 12.3. The van der Waals surface area contributed by atoms with Crippen molar-refractivity contribution >= 4 is 21.8 Å². The second kappa shape index (κ2) is 14.4. The van der Waals surface area contributed by atoms with Crippen molar-refractivity contribution in [3.05, 3.63) is 178 Å². The van der Waals surface area contributed by atoms with Crippen molar-refractivity contribution in [2.24, 2.45) is 0 Å². The molecule has 0 atom stereocenters. The van der Waals surface area contributed by atoms with Crippen LogP contribution >= 0.6 is 0 Å². The van der Waals surface area contributed by atoms with E-state index in [0.717, 1.165) is 51.0 Å². The average molecular weight is 779 g/mol. The summed E-state index contributed by atoms with van der Waals surface area (Å²) in [4.78, 5) is 5.06. The Morgan fingerprint density at radius 2 is 1.14 bits per heavy atom. The Morgan fingerprint density at radius 1 is 0.508 bits per heavy atom. The van der Waals surface area contributed by atoms with Gasteiger partial charge in [0.1, 0.15) is 17.3 Å². The van der Waals surface area contributed by atoms with E-state index in [1.807, 2.05) is 17.8 Å². The van der Waals surface area contributed by atoms with Crippen molar-refractivity contribution in [3.8, 4) is 23.0 Å². The lowest BCUT2D eigenvalue weighted by Crippen LogP contribution is -2.19. The van der Waals surface area contributed by atoms with Gasteiger partial charge in [-0.25, -0.2) is 9.67 Å². The molecule has 8 aromatic rings. The number of rotatable bonds is 8. The van der Waals surface area contributed by atoms with Crippen molar-refractivity contribution in [2.45, 2.75) is 105 Å². The molecule has 8 rings (SSSR count). The van der Waals surface area contributed by atoms with Gasteiger partial charge >= 0.3 is 0 Å². The van der Waals surface area contributed by atoms with Crippen molar-refractivity contribution in [1.82, 2.24) is 19.3 Å². The van der Waals surface area contributed by atoms with Crippen LogP contribution in [0.15, 0.2) is 134 Å². The van der Waals surface area contributed by atoms with Crippen LogP contribution in [-0.2, 0) is 21.7 Å². The lowest BCUT2D eigenvalue weighted by Gasteiger charge is -2.27. The minimum Gasteiger partial charge on any atom is -0.457 e. The SMILES string of the molecule is Cc1cc(C)n(-c2cc(Oc3cc(C(C)(C)C)c4c5cc(C(C)(C)c6ccccc6)ccc5n(-c5cc(C(C)(C)C)ccn5)c4c3)cc(C(C)(C)c3ccccc3)c2)n1. The van der Waals surface area contributed by atoms with E-state index < -0.39 is 0 Å². The van der Waals surface area contributed by atoms with Gasteiger partial charge in [0.05, 0.1) is 22.4 Å². The Bertz CT molecular complexity index is 2820. The monoisotopic (exact) mass is 778 g/mol. The lowest BCUT2D eigenvalue weighted by molar-refractivity contribution is 0.476. The number of nitrogens with zero attached hydrogens (tertiary/aromatic N) is 4. The summed E-state index contributed by atoms with van der Waals surface area (Å²) in [5, 5.41) is 7.33.